The lowest BCUT2D eigenvalue weighted by atomic mass is 9.95. The molecule has 2 bridgehead atoms. The van der Waals surface area contributed by atoms with Crippen molar-refractivity contribution in [1.82, 2.24) is 24.8 Å². The summed E-state index contributed by atoms with van der Waals surface area (Å²) in [7, 11) is 0. The van der Waals surface area contributed by atoms with E-state index in [1.165, 1.54) is 12.8 Å². The number of anilines is 1. The van der Waals surface area contributed by atoms with Crippen LogP contribution in [0.3, 0.4) is 0 Å². The summed E-state index contributed by atoms with van der Waals surface area (Å²) in [4.78, 5) is 35.1. The number of hydrogen-bond acceptors (Lipinski definition) is 8. The number of amides is 1. The molecule has 9 nitrogen and oxygen atoms in total. The number of halogens is 1. The molecule has 2 aromatic carbocycles. The van der Waals surface area contributed by atoms with Crippen LogP contribution < -0.4 is 9.64 Å². The lowest BCUT2D eigenvalue weighted by molar-refractivity contribution is 0.0122. The molecule has 8 rings (SSSR count). The Kier molecular flexibility index (Phi) is 7.25. The Morgan fingerprint density at radius 2 is 1.67 bits per heavy atom. The van der Waals surface area contributed by atoms with E-state index in [0.717, 1.165) is 72.0 Å². The molecule has 2 aromatic heterocycles. The fourth-order valence-electron chi connectivity index (χ4n) is 8.29. The van der Waals surface area contributed by atoms with Crippen LogP contribution in [0.4, 0.5) is 10.6 Å². The van der Waals surface area contributed by atoms with Gasteiger partial charge in [0.05, 0.1) is 28.7 Å². The van der Waals surface area contributed by atoms with Crippen molar-refractivity contribution in [2.24, 2.45) is 0 Å². The van der Waals surface area contributed by atoms with Crippen LogP contribution in [0.2, 0.25) is 5.02 Å². The number of hydrogen-bond donors (Lipinski definition) is 0. The minimum Gasteiger partial charge on any atom is -0.461 e. The number of nitrogens with zero attached hydrogens (tertiary/aromatic N) is 6. The second kappa shape index (κ2) is 11.2. The number of ether oxygens (including phenoxy) is 2. The lowest BCUT2D eigenvalue weighted by Crippen LogP contribution is -2.57. The minimum atomic E-state index is -0.534. The Balaban J connectivity index is 1.17. The summed E-state index contributed by atoms with van der Waals surface area (Å²) in [6.45, 7) is 9.93. The first-order valence-corrected chi connectivity index (χ1v) is 17.1. The van der Waals surface area contributed by atoms with Crippen LogP contribution in [0.25, 0.3) is 33.1 Å². The standard InChI is InChI=1S/C36H41ClN6O3/c1-35(2,3)46-34(44)43-24-12-13-25(43)21-41(20-24)32-27-14-15-29(26-10-4-8-23-9-5-11-28(37)30(23)26)38-31(27)39-33(40-32)45-22-36-16-6-18-42(36)19-7-17-36/h4-5,8-11,14-15,24-25H,6-7,12-13,16-22H2,1-3H3/t24-,25+. The number of fused-ring (bicyclic) bond motifs is 5. The number of aromatic nitrogens is 3. The molecular weight excluding hydrogens is 600 g/mol. The fraction of sp³-hybridized carbons (Fsp3) is 0.500. The third kappa shape index (κ3) is 5.21. The molecule has 240 valence electrons. The minimum absolute atomic E-state index is 0.0532. The molecule has 4 aromatic rings. The Morgan fingerprint density at radius 1 is 0.957 bits per heavy atom. The van der Waals surface area contributed by atoms with E-state index in [0.29, 0.717) is 36.4 Å². The molecule has 0 spiro atoms. The zero-order valence-corrected chi connectivity index (χ0v) is 27.6. The van der Waals surface area contributed by atoms with Crippen molar-refractivity contribution < 1.29 is 14.3 Å². The van der Waals surface area contributed by atoms with E-state index < -0.39 is 5.60 Å². The zero-order valence-electron chi connectivity index (χ0n) is 26.8. The molecule has 4 aliphatic rings. The lowest BCUT2D eigenvalue weighted by Gasteiger charge is -2.42. The predicted molar refractivity (Wildman–Crippen MR) is 181 cm³/mol. The number of rotatable bonds is 5. The molecule has 0 N–H and O–H groups in total. The molecule has 6 heterocycles. The van der Waals surface area contributed by atoms with Crippen molar-refractivity contribution in [1.29, 1.82) is 0 Å². The molecule has 0 radical (unpaired) electrons. The van der Waals surface area contributed by atoms with E-state index in [1.54, 1.807) is 0 Å². The van der Waals surface area contributed by atoms with Gasteiger partial charge in [0.25, 0.3) is 0 Å². The summed E-state index contributed by atoms with van der Waals surface area (Å²) in [5.74, 6) is 0.808. The van der Waals surface area contributed by atoms with E-state index >= 15 is 0 Å². The Labute approximate surface area is 274 Å². The van der Waals surface area contributed by atoms with Crippen LogP contribution in [-0.4, -0.2) is 86.9 Å². The van der Waals surface area contributed by atoms with Crippen LogP contribution in [0.1, 0.15) is 59.3 Å². The van der Waals surface area contributed by atoms with Gasteiger partial charge in [-0.2, -0.15) is 9.97 Å². The van der Waals surface area contributed by atoms with Gasteiger partial charge in [0.2, 0.25) is 0 Å². The maximum Gasteiger partial charge on any atom is 0.410 e. The third-order valence-electron chi connectivity index (χ3n) is 10.3. The van der Waals surface area contributed by atoms with Crippen LogP contribution in [0, 0.1) is 0 Å². The highest BCUT2D eigenvalue weighted by molar-refractivity contribution is 6.36. The largest absolute Gasteiger partial charge is 0.461 e. The number of carbonyl (C=O) groups is 1. The number of piperazine rings is 1. The van der Waals surface area contributed by atoms with E-state index in [4.69, 9.17) is 36.0 Å². The quantitative estimate of drug-likeness (QED) is 0.229. The molecule has 10 heteroatoms. The molecular formula is C36H41ClN6O3. The summed E-state index contributed by atoms with van der Waals surface area (Å²) in [6, 6.07) is 16.7. The van der Waals surface area contributed by atoms with Crippen molar-refractivity contribution >= 4 is 45.3 Å². The van der Waals surface area contributed by atoms with Gasteiger partial charge in [-0.1, -0.05) is 41.9 Å². The molecule has 0 unspecified atom stereocenters. The molecule has 4 fully saturated rings. The van der Waals surface area contributed by atoms with E-state index in [-0.39, 0.29) is 23.7 Å². The van der Waals surface area contributed by atoms with Crippen LogP contribution in [0.15, 0.2) is 48.5 Å². The average Bonchev–Trinajstić information content (AvgIpc) is 3.69. The highest BCUT2D eigenvalue weighted by Crippen LogP contribution is 2.41. The van der Waals surface area contributed by atoms with Crippen LogP contribution in [-0.2, 0) is 4.74 Å². The highest BCUT2D eigenvalue weighted by Gasteiger charge is 2.46. The topological polar surface area (TPSA) is 83.9 Å². The average molecular weight is 641 g/mol. The normalized spacial score (nSPS) is 22.5. The van der Waals surface area contributed by atoms with E-state index in [9.17, 15) is 4.79 Å². The summed E-state index contributed by atoms with van der Waals surface area (Å²) in [5.41, 5.74) is 1.89. The van der Waals surface area contributed by atoms with Gasteiger partial charge in [0.15, 0.2) is 5.65 Å². The van der Waals surface area contributed by atoms with Crippen molar-refractivity contribution in [3.8, 4) is 17.3 Å². The zero-order chi connectivity index (χ0) is 31.6. The highest BCUT2D eigenvalue weighted by atomic mass is 35.5. The molecule has 0 saturated carbocycles. The summed E-state index contributed by atoms with van der Waals surface area (Å²) in [5, 5.41) is 3.60. The first-order valence-electron chi connectivity index (χ1n) is 16.7. The Bertz CT molecular complexity index is 1800. The van der Waals surface area contributed by atoms with Crippen molar-refractivity contribution in [3.63, 3.8) is 0 Å². The van der Waals surface area contributed by atoms with Crippen molar-refractivity contribution in [3.05, 3.63) is 53.6 Å². The second-order valence-electron chi connectivity index (χ2n) is 14.4. The first kappa shape index (κ1) is 29.7. The molecule has 2 atom stereocenters. The van der Waals surface area contributed by atoms with Crippen LogP contribution in [0.5, 0.6) is 6.01 Å². The molecule has 46 heavy (non-hydrogen) atoms. The van der Waals surface area contributed by atoms with Gasteiger partial charge < -0.3 is 14.4 Å². The van der Waals surface area contributed by atoms with Gasteiger partial charge in [-0.05, 0) is 96.0 Å². The molecule has 1 amide bonds. The fourth-order valence-corrected chi connectivity index (χ4v) is 8.57. The van der Waals surface area contributed by atoms with Crippen LogP contribution >= 0.6 is 11.6 Å². The van der Waals surface area contributed by atoms with Gasteiger partial charge in [-0.25, -0.2) is 9.78 Å². The molecule has 4 aliphatic heterocycles. The number of pyridine rings is 1. The summed E-state index contributed by atoms with van der Waals surface area (Å²) in [6.07, 6.45) is 6.35. The van der Waals surface area contributed by atoms with Gasteiger partial charge >= 0.3 is 12.1 Å². The molecule has 0 aliphatic carbocycles. The van der Waals surface area contributed by atoms with Gasteiger partial charge in [-0.3, -0.25) is 9.80 Å². The monoisotopic (exact) mass is 640 g/mol. The van der Waals surface area contributed by atoms with Gasteiger partial charge in [0.1, 0.15) is 18.0 Å². The van der Waals surface area contributed by atoms with E-state index in [2.05, 4.69) is 34.1 Å². The Morgan fingerprint density at radius 3 is 2.39 bits per heavy atom. The van der Waals surface area contributed by atoms with Crippen molar-refractivity contribution in [2.45, 2.75) is 82.5 Å². The van der Waals surface area contributed by atoms with Gasteiger partial charge in [-0.15, -0.1) is 0 Å². The second-order valence-corrected chi connectivity index (χ2v) is 14.8. The maximum absolute atomic E-state index is 13.2. The third-order valence-corrected chi connectivity index (χ3v) is 10.6. The predicted octanol–water partition coefficient (Wildman–Crippen LogP) is 7.09. The number of carbonyl (C=O) groups excluding carboxylic acids is 1. The number of benzene rings is 2. The SMILES string of the molecule is CC(C)(C)OC(=O)N1[C@@H]2CC[C@H]1CN(c1nc(OCC34CCCN3CCC4)nc3nc(-c4cccc5cccc(Cl)c45)ccc13)C2. The van der Waals surface area contributed by atoms with E-state index in [1.807, 2.05) is 49.9 Å². The molecule has 4 saturated heterocycles. The first-order chi connectivity index (χ1) is 22.2. The maximum atomic E-state index is 13.2. The Hall–Kier alpha value is -3.69. The van der Waals surface area contributed by atoms with Crippen molar-refractivity contribution in [2.75, 3.05) is 37.7 Å². The summed E-state index contributed by atoms with van der Waals surface area (Å²) < 4.78 is 12.3. The smallest absolute Gasteiger partial charge is 0.410 e. The van der Waals surface area contributed by atoms with Gasteiger partial charge in [0, 0.05) is 29.1 Å². The summed E-state index contributed by atoms with van der Waals surface area (Å²) >= 11 is 6.71.